The summed E-state index contributed by atoms with van der Waals surface area (Å²) in [4.78, 5) is 6.45. The van der Waals surface area contributed by atoms with E-state index in [1.165, 1.54) is 24.0 Å². The summed E-state index contributed by atoms with van der Waals surface area (Å²) in [6.45, 7) is 6.70. The molecule has 1 aliphatic carbocycles. The second-order valence-electron chi connectivity index (χ2n) is 6.29. The van der Waals surface area contributed by atoms with Gasteiger partial charge in [0, 0.05) is 40.4 Å². The molecule has 1 N–H and O–H groups in total. The van der Waals surface area contributed by atoms with E-state index >= 15 is 0 Å². The molecule has 1 aliphatic rings. The third kappa shape index (κ3) is 8.87. The van der Waals surface area contributed by atoms with Crippen LogP contribution in [-0.2, 0) is 22.6 Å². The Morgan fingerprint density at radius 2 is 1.88 bits per heavy atom. The lowest BCUT2D eigenvalue weighted by molar-refractivity contribution is 0.115. The van der Waals surface area contributed by atoms with Gasteiger partial charge in [-0.25, -0.2) is 0 Å². The Morgan fingerprint density at radius 1 is 1.20 bits per heavy atom. The van der Waals surface area contributed by atoms with Gasteiger partial charge < -0.3 is 19.7 Å². The van der Waals surface area contributed by atoms with E-state index in [9.17, 15) is 0 Å². The van der Waals surface area contributed by atoms with E-state index in [4.69, 9.17) is 9.47 Å². The van der Waals surface area contributed by atoms with Crippen molar-refractivity contribution in [3.63, 3.8) is 0 Å². The average Bonchev–Trinajstić information content (AvgIpc) is 3.43. The van der Waals surface area contributed by atoms with E-state index < -0.39 is 0 Å². The van der Waals surface area contributed by atoms with Crippen LogP contribution in [0.5, 0.6) is 0 Å². The maximum absolute atomic E-state index is 5.69. The molecule has 0 aliphatic heterocycles. The number of hydrogen-bond donors (Lipinski definition) is 1. The van der Waals surface area contributed by atoms with Crippen LogP contribution in [0.15, 0.2) is 29.3 Å². The van der Waals surface area contributed by atoms with Gasteiger partial charge in [-0.1, -0.05) is 24.3 Å². The molecule has 0 saturated heterocycles. The van der Waals surface area contributed by atoms with Gasteiger partial charge in [0.15, 0.2) is 5.96 Å². The lowest BCUT2D eigenvalue weighted by atomic mass is 10.1. The zero-order valence-corrected chi connectivity index (χ0v) is 18.0. The standard InChI is InChI=1S/C19H31N3O2.HI/c1-4-23-14-17-7-5-16(6-8-17)13-21-19(20-2)22(3)11-12-24-15-18-9-10-18;/h5-8,18H,4,9-15H2,1-3H3,(H,20,21);1H. The Morgan fingerprint density at radius 3 is 2.48 bits per heavy atom. The van der Waals surface area contributed by atoms with Crippen LogP contribution in [0.25, 0.3) is 0 Å². The number of halogens is 1. The second-order valence-corrected chi connectivity index (χ2v) is 6.29. The van der Waals surface area contributed by atoms with Crippen molar-refractivity contribution >= 4 is 29.9 Å². The summed E-state index contributed by atoms with van der Waals surface area (Å²) in [5, 5.41) is 3.40. The number of nitrogens with zero attached hydrogens (tertiary/aromatic N) is 2. The van der Waals surface area contributed by atoms with Gasteiger partial charge in [0.1, 0.15) is 0 Å². The molecule has 5 nitrogen and oxygen atoms in total. The normalized spacial score (nSPS) is 14.1. The molecule has 0 radical (unpaired) electrons. The summed E-state index contributed by atoms with van der Waals surface area (Å²) in [5.74, 6) is 1.71. The minimum atomic E-state index is 0. The minimum absolute atomic E-state index is 0. The summed E-state index contributed by atoms with van der Waals surface area (Å²) in [7, 11) is 3.86. The van der Waals surface area contributed by atoms with Gasteiger partial charge in [-0.15, -0.1) is 24.0 Å². The maximum Gasteiger partial charge on any atom is 0.193 e. The van der Waals surface area contributed by atoms with Crippen molar-refractivity contribution < 1.29 is 9.47 Å². The molecule has 1 aromatic rings. The molecule has 6 heteroatoms. The van der Waals surface area contributed by atoms with Crippen LogP contribution < -0.4 is 5.32 Å². The smallest absolute Gasteiger partial charge is 0.193 e. The molecule has 1 fully saturated rings. The van der Waals surface area contributed by atoms with Crippen LogP contribution >= 0.6 is 24.0 Å². The first-order valence-corrected chi connectivity index (χ1v) is 8.88. The van der Waals surface area contributed by atoms with Crippen LogP contribution in [0, 0.1) is 5.92 Å². The average molecular weight is 461 g/mol. The summed E-state index contributed by atoms with van der Waals surface area (Å²) in [6.07, 6.45) is 2.67. The van der Waals surface area contributed by atoms with E-state index in [2.05, 4.69) is 39.5 Å². The summed E-state index contributed by atoms with van der Waals surface area (Å²) < 4.78 is 11.1. The number of benzene rings is 1. The molecule has 1 saturated carbocycles. The number of likely N-dealkylation sites (N-methyl/N-ethyl adjacent to an activating group) is 1. The Bertz CT molecular complexity index is 504. The quantitative estimate of drug-likeness (QED) is 0.252. The minimum Gasteiger partial charge on any atom is -0.379 e. The van der Waals surface area contributed by atoms with Crippen molar-refractivity contribution in [2.24, 2.45) is 10.9 Å². The van der Waals surface area contributed by atoms with Crippen molar-refractivity contribution in [3.8, 4) is 0 Å². The van der Waals surface area contributed by atoms with Crippen molar-refractivity contribution in [2.75, 3.05) is 40.5 Å². The molecule has 0 heterocycles. The Hall–Kier alpha value is -0.860. The number of rotatable bonds is 10. The van der Waals surface area contributed by atoms with Gasteiger partial charge in [-0.2, -0.15) is 0 Å². The fourth-order valence-corrected chi connectivity index (χ4v) is 2.38. The van der Waals surface area contributed by atoms with Crippen LogP contribution in [0.4, 0.5) is 0 Å². The maximum atomic E-state index is 5.69. The third-order valence-electron chi connectivity index (χ3n) is 4.14. The monoisotopic (exact) mass is 461 g/mol. The zero-order valence-electron chi connectivity index (χ0n) is 15.7. The fraction of sp³-hybridized carbons (Fsp3) is 0.632. The predicted octanol–water partition coefficient (Wildman–Crippen LogP) is 3.27. The second kappa shape index (κ2) is 12.5. The topological polar surface area (TPSA) is 46.1 Å². The van der Waals surface area contributed by atoms with Gasteiger partial charge in [-0.05, 0) is 36.8 Å². The highest BCUT2D eigenvalue weighted by atomic mass is 127. The van der Waals surface area contributed by atoms with E-state index in [-0.39, 0.29) is 24.0 Å². The number of ether oxygens (including phenoxy) is 2. The highest BCUT2D eigenvalue weighted by molar-refractivity contribution is 14.0. The van der Waals surface area contributed by atoms with Crippen molar-refractivity contribution in [2.45, 2.75) is 32.9 Å². The third-order valence-corrected chi connectivity index (χ3v) is 4.14. The number of nitrogens with one attached hydrogen (secondary N) is 1. The summed E-state index contributed by atoms with van der Waals surface area (Å²) in [5.41, 5.74) is 2.43. The van der Waals surface area contributed by atoms with E-state index in [0.717, 1.165) is 44.8 Å². The lowest BCUT2D eigenvalue weighted by Gasteiger charge is -2.22. The first-order chi connectivity index (χ1) is 11.7. The Kier molecular flexibility index (Phi) is 11.1. The molecular weight excluding hydrogens is 429 g/mol. The Labute approximate surface area is 169 Å². The molecule has 0 atom stereocenters. The van der Waals surface area contributed by atoms with Gasteiger partial charge in [0.05, 0.1) is 13.2 Å². The molecule has 0 bridgehead atoms. The van der Waals surface area contributed by atoms with Gasteiger partial charge in [-0.3, -0.25) is 4.99 Å². The first-order valence-electron chi connectivity index (χ1n) is 8.88. The van der Waals surface area contributed by atoms with E-state index in [1.54, 1.807) is 0 Å². The molecule has 1 aromatic carbocycles. The highest BCUT2D eigenvalue weighted by Gasteiger charge is 2.21. The van der Waals surface area contributed by atoms with Crippen LogP contribution in [0.3, 0.4) is 0 Å². The molecular formula is C19H32IN3O2. The summed E-state index contributed by atoms with van der Waals surface area (Å²) in [6, 6.07) is 8.50. The first kappa shape index (κ1) is 22.2. The SMILES string of the molecule is CCOCc1ccc(CNC(=NC)N(C)CCOCC2CC2)cc1.I. The zero-order chi connectivity index (χ0) is 17.2. The van der Waals surface area contributed by atoms with Crippen LogP contribution in [-0.4, -0.2) is 51.3 Å². The van der Waals surface area contributed by atoms with Gasteiger partial charge >= 0.3 is 0 Å². The molecule has 0 aromatic heterocycles. The lowest BCUT2D eigenvalue weighted by Crippen LogP contribution is -2.40. The predicted molar refractivity (Wildman–Crippen MR) is 114 cm³/mol. The number of guanidine groups is 1. The van der Waals surface area contributed by atoms with Gasteiger partial charge in [0.2, 0.25) is 0 Å². The number of hydrogen-bond acceptors (Lipinski definition) is 3. The van der Waals surface area contributed by atoms with Crippen LogP contribution in [0.1, 0.15) is 30.9 Å². The van der Waals surface area contributed by atoms with Crippen molar-refractivity contribution in [3.05, 3.63) is 35.4 Å². The largest absolute Gasteiger partial charge is 0.379 e. The van der Waals surface area contributed by atoms with Crippen molar-refractivity contribution in [1.29, 1.82) is 0 Å². The highest BCUT2D eigenvalue weighted by Crippen LogP contribution is 2.28. The Balaban J connectivity index is 0.00000312. The molecule has 0 unspecified atom stereocenters. The van der Waals surface area contributed by atoms with E-state index in [1.807, 2.05) is 21.0 Å². The van der Waals surface area contributed by atoms with E-state index in [0.29, 0.717) is 6.61 Å². The van der Waals surface area contributed by atoms with Crippen molar-refractivity contribution in [1.82, 2.24) is 10.2 Å². The summed E-state index contributed by atoms with van der Waals surface area (Å²) >= 11 is 0. The fourth-order valence-electron chi connectivity index (χ4n) is 2.38. The molecule has 2 rings (SSSR count). The molecule has 25 heavy (non-hydrogen) atoms. The van der Waals surface area contributed by atoms with Gasteiger partial charge in [0.25, 0.3) is 0 Å². The van der Waals surface area contributed by atoms with Crippen LogP contribution in [0.2, 0.25) is 0 Å². The molecule has 142 valence electrons. The molecule has 0 amide bonds. The number of aliphatic imine (C=N–C) groups is 1. The molecule has 0 spiro atoms.